The van der Waals surface area contributed by atoms with Crippen molar-refractivity contribution in [3.8, 4) is 0 Å². The molecule has 0 aliphatic carbocycles. The number of rotatable bonds is 6. The Morgan fingerprint density at radius 3 is 2.68 bits per heavy atom. The van der Waals surface area contributed by atoms with Gasteiger partial charge in [0, 0.05) is 25.4 Å². The molecular weight excluding hydrogens is 401 g/mol. The first-order valence-electron chi connectivity index (χ1n) is 9.94. The minimum Gasteiger partial charge on any atom is -0.337 e. The normalized spacial score (nSPS) is 15.9. The van der Waals surface area contributed by atoms with Crippen molar-refractivity contribution in [1.29, 1.82) is 0 Å². The van der Waals surface area contributed by atoms with Gasteiger partial charge in [-0.1, -0.05) is 47.1 Å². The summed E-state index contributed by atoms with van der Waals surface area (Å²) in [6.07, 6.45) is 0.164. The van der Waals surface area contributed by atoms with Crippen LogP contribution >= 0.6 is 0 Å². The van der Waals surface area contributed by atoms with Gasteiger partial charge in [0.05, 0.1) is 12.2 Å². The number of carbonyl (C=O) groups excluding carboxylic acids is 2. The lowest BCUT2D eigenvalue weighted by atomic mass is 10.1. The Bertz CT molecular complexity index is 1080. The zero-order chi connectivity index (χ0) is 21.8. The first kappa shape index (κ1) is 20.5. The average Bonchev–Trinajstić information content (AvgIpc) is 3.39. The van der Waals surface area contributed by atoms with Crippen LogP contribution in [-0.2, 0) is 17.9 Å². The second-order valence-corrected chi connectivity index (χ2v) is 7.42. The zero-order valence-electron chi connectivity index (χ0n) is 17.0. The second-order valence-electron chi connectivity index (χ2n) is 7.42. The third-order valence-electron chi connectivity index (χ3n) is 5.09. The van der Waals surface area contributed by atoms with Gasteiger partial charge >= 0.3 is 6.03 Å². The minimum absolute atomic E-state index is 0.0599. The number of benzene rings is 2. The number of halogens is 1. The van der Waals surface area contributed by atoms with Gasteiger partial charge in [0.25, 0.3) is 0 Å². The Morgan fingerprint density at radius 2 is 1.90 bits per heavy atom. The predicted octanol–water partition coefficient (Wildman–Crippen LogP) is 3.04. The number of hydrogen-bond donors (Lipinski definition) is 2. The fourth-order valence-corrected chi connectivity index (χ4v) is 3.40. The fourth-order valence-electron chi connectivity index (χ4n) is 3.40. The highest BCUT2D eigenvalue weighted by atomic mass is 19.1. The molecule has 160 valence electrons. The van der Waals surface area contributed by atoms with Crippen LogP contribution in [0.4, 0.5) is 14.9 Å². The summed E-state index contributed by atoms with van der Waals surface area (Å²) in [6.45, 7) is 2.73. The van der Waals surface area contributed by atoms with Gasteiger partial charge in [-0.25, -0.2) is 9.18 Å². The monoisotopic (exact) mass is 423 g/mol. The van der Waals surface area contributed by atoms with Gasteiger partial charge in [0.1, 0.15) is 5.82 Å². The van der Waals surface area contributed by atoms with Crippen molar-refractivity contribution in [3.05, 3.63) is 77.2 Å². The molecule has 0 unspecified atom stereocenters. The largest absolute Gasteiger partial charge is 0.337 e. The van der Waals surface area contributed by atoms with E-state index in [2.05, 4.69) is 20.8 Å². The first-order chi connectivity index (χ1) is 15.0. The molecule has 1 saturated heterocycles. The van der Waals surface area contributed by atoms with E-state index in [0.717, 1.165) is 11.1 Å². The van der Waals surface area contributed by atoms with E-state index in [1.54, 1.807) is 18.2 Å². The molecule has 0 saturated carbocycles. The third-order valence-corrected chi connectivity index (χ3v) is 5.09. The van der Waals surface area contributed by atoms with Crippen molar-refractivity contribution in [1.82, 2.24) is 20.8 Å². The van der Waals surface area contributed by atoms with E-state index in [4.69, 9.17) is 4.52 Å². The number of hydrogen-bond acceptors (Lipinski definition) is 5. The molecule has 1 aromatic heterocycles. The molecule has 1 fully saturated rings. The maximum atomic E-state index is 14.0. The molecule has 2 N–H and O–H groups in total. The molecular formula is C22H22FN5O3. The van der Waals surface area contributed by atoms with Crippen LogP contribution in [0.3, 0.4) is 0 Å². The van der Waals surface area contributed by atoms with Crippen molar-refractivity contribution in [3.63, 3.8) is 0 Å². The summed E-state index contributed by atoms with van der Waals surface area (Å²) in [5.41, 5.74) is 2.39. The Balaban J connectivity index is 1.29. The van der Waals surface area contributed by atoms with E-state index < -0.39 is 5.82 Å². The number of para-hydroxylation sites is 1. The smallest absolute Gasteiger partial charge is 0.315 e. The molecule has 3 amide bonds. The van der Waals surface area contributed by atoms with Crippen LogP contribution in [0.25, 0.3) is 0 Å². The second kappa shape index (κ2) is 8.95. The highest BCUT2D eigenvalue weighted by Crippen LogP contribution is 2.31. The lowest BCUT2D eigenvalue weighted by Crippen LogP contribution is -2.34. The van der Waals surface area contributed by atoms with E-state index >= 15 is 0 Å². The maximum Gasteiger partial charge on any atom is 0.315 e. The Labute approximate surface area is 178 Å². The SMILES string of the molecule is Cc1ccc(CNC(=O)NCc2nc([C@@H]3CC(=O)N(c4ccccc4F)C3)no2)cc1. The van der Waals surface area contributed by atoms with Crippen LogP contribution in [-0.4, -0.2) is 28.6 Å². The summed E-state index contributed by atoms with van der Waals surface area (Å²) in [5.74, 6) is -0.359. The van der Waals surface area contributed by atoms with E-state index in [9.17, 15) is 14.0 Å². The zero-order valence-corrected chi connectivity index (χ0v) is 17.0. The molecule has 31 heavy (non-hydrogen) atoms. The molecule has 8 nitrogen and oxygen atoms in total. The molecule has 1 aliphatic rings. The number of amides is 3. The molecule has 0 spiro atoms. The van der Waals surface area contributed by atoms with Crippen molar-refractivity contribution in [2.75, 3.05) is 11.4 Å². The molecule has 0 bridgehead atoms. The Hall–Kier alpha value is -3.75. The van der Waals surface area contributed by atoms with Crippen molar-refractivity contribution < 1.29 is 18.5 Å². The number of nitrogens with one attached hydrogen (secondary N) is 2. The quantitative estimate of drug-likeness (QED) is 0.635. The molecule has 2 heterocycles. The summed E-state index contributed by atoms with van der Waals surface area (Å²) in [7, 11) is 0. The summed E-state index contributed by atoms with van der Waals surface area (Å²) < 4.78 is 19.2. The standard InChI is InChI=1S/C22H22FN5O3/c1-14-6-8-15(9-7-14)11-24-22(30)25-12-19-26-21(27-31-19)16-10-20(29)28(13-16)18-5-3-2-4-17(18)23/h2-9,16H,10-13H2,1H3,(H2,24,25,30)/t16-/m1/s1. The molecule has 2 aromatic carbocycles. The summed E-state index contributed by atoms with van der Waals surface area (Å²) in [4.78, 5) is 30.0. The van der Waals surface area contributed by atoms with Crippen LogP contribution in [0.5, 0.6) is 0 Å². The number of nitrogens with zero attached hydrogens (tertiary/aromatic N) is 3. The van der Waals surface area contributed by atoms with Gasteiger partial charge in [-0.3, -0.25) is 4.79 Å². The fraction of sp³-hybridized carbons (Fsp3) is 0.273. The number of aryl methyl sites for hydroxylation is 1. The molecule has 1 atom stereocenters. The topological polar surface area (TPSA) is 100 Å². The highest BCUT2D eigenvalue weighted by molar-refractivity contribution is 5.96. The van der Waals surface area contributed by atoms with E-state index in [1.165, 1.54) is 11.0 Å². The van der Waals surface area contributed by atoms with Crippen LogP contribution in [0, 0.1) is 12.7 Å². The average molecular weight is 423 g/mol. The van der Waals surface area contributed by atoms with Gasteiger partial charge in [-0.2, -0.15) is 4.98 Å². The van der Waals surface area contributed by atoms with Crippen LogP contribution < -0.4 is 15.5 Å². The van der Waals surface area contributed by atoms with Gasteiger partial charge < -0.3 is 20.1 Å². The van der Waals surface area contributed by atoms with E-state index in [-0.39, 0.29) is 48.9 Å². The number of carbonyl (C=O) groups is 2. The van der Waals surface area contributed by atoms with Crippen molar-refractivity contribution in [2.45, 2.75) is 32.4 Å². The number of urea groups is 1. The molecule has 3 aromatic rings. The van der Waals surface area contributed by atoms with Gasteiger partial charge in [0.2, 0.25) is 11.8 Å². The Kier molecular flexibility index (Phi) is 5.92. The molecule has 0 radical (unpaired) electrons. The number of anilines is 1. The third kappa shape index (κ3) is 4.88. The summed E-state index contributed by atoms with van der Waals surface area (Å²) >= 11 is 0. The molecule has 9 heteroatoms. The maximum absolute atomic E-state index is 14.0. The van der Waals surface area contributed by atoms with Crippen LogP contribution in [0.1, 0.15) is 35.2 Å². The van der Waals surface area contributed by atoms with Crippen molar-refractivity contribution in [2.24, 2.45) is 0 Å². The van der Waals surface area contributed by atoms with E-state index in [0.29, 0.717) is 12.4 Å². The summed E-state index contributed by atoms with van der Waals surface area (Å²) in [5, 5.41) is 9.35. The lowest BCUT2D eigenvalue weighted by molar-refractivity contribution is -0.117. The van der Waals surface area contributed by atoms with Gasteiger partial charge in [-0.05, 0) is 24.6 Å². The molecule has 4 rings (SSSR count). The van der Waals surface area contributed by atoms with Crippen molar-refractivity contribution >= 4 is 17.6 Å². The Morgan fingerprint density at radius 1 is 1.16 bits per heavy atom. The van der Waals surface area contributed by atoms with Crippen LogP contribution in [0.15, 0.2) is 53.1 Å². The first-order valence-corrected chi connectivity index (χ1v) is 9.94. The van der Waals surface area contributed by atoms with Gasteiger partial charge in [-0.15, -0.1) is 0 Å². The predicted molar refractivity (Wildman–Crippen MR) is 111 cm³/mol. The van der Waals surface area contributed by atoms with E-state index in [1.807, 2.05) is 31.2 Å². The van der Waals surface area contributed by atoms with Crippen LogP contribution in [0.2, 0.25) is 0 Å². The lowest BCUT2D eigenvalue weighted by Gasteiger charge is -2.16. The minimum atomic E-state index is -0.453. The highest BCUT2D eigenvalue weighted by Gasteiger charge is 2.35. The molecule has 1 aliphatic heterocycles. The van der Waals surface area contributed by atoms with Gasteiger partial charge in [0.15, 0.2) is 5.82 Å². The number of aromatic nitrogens is 2. The summed E-state index contributed by atoms with van der Waals surface area (Å²) in [6, 6.07) is 13.6.